The maximum absolute atomic E-state index is 11.4. The molecule has 1 amide bonds. The Hall–Kier alpha value is -2.68. The Kier molecular flexibility index (Phi) is 4.00. The lowest BCUT2D eigenvalue weighted by Crippen LogP contribution is -2.39. The van der Waals surface area contributed by atoms with Crippen molar-refractivity contribution in [1.82, 2.24) is 20.2 Å². The molecule has 0 unspecified atom stereocenters. The van der Waals surface area contributed by atoms with E-state index in [-0.39, 0.29) is 11.8 Å². The van der Waals surface area contributed by atoms with Gasteiger partial charge in [-0.05, 0) is 31.2 Å². The summed E-state index contributed by atoms with van der Waals surface area (Å²) in [5.74, 6) is 1.88. The van der Waals surface area contributed by atoms with Crippen LogP contribution in [0.1, 0.15) is 18.5 Å². The highest BCUT2D eigenvalue weighted by Crippen LogP contribution is 2.31. The minimum absolute atomic E-state index is 0.0502. The number of carbonyl (C=O) groups excluding carboxylic acids is 1. The minimum Gasteiger partial charge on any atom is -0.369 e. The lowest BCUT2D eigenvalue weighted by molar-refractivity contribution is -0.122. The molecule has 1 aliphatic rings. The molecule has 0 saturated carbocycles. The highest BCUT2D eigenvalue weighted by atomic mass is 32.1. The van der Waals surface area contributed by atoms with E-state index in [0.29, 0.717) is 5.95 Å². The average Bonchev–Trinajstić information content (AvgIpc) is 3.23. The van der Waals surface area contributed by atoms with Gasteiger partial charge in [0.25, 0.3) is 0 Å². The molecule has 0 spiro atoms. The fraction of sp³-hybridized carbons (Fsp3) is 0.375. The van der Waals surface area contributed by atoms with Crippen LogP contribution < -0.4 is 16.0 Å². The van der Waals surface area contributed by atoms with E-state index < -0.39 is 0 Å². The molecule has 1 aliphatic heterocycles. The van der Waals surface area contributed by atoms with Gasteiger partial charge in [-0.25, -0.2) is 4.98 Å². The number of aryl methyl sites for hydroxylation is 1. The number of hydrogen-bond acceptors (Lipinski definition) is 7. The molecule has 0 radical (unpaired) electrons. The second-order valence-corrected chi connectivity index (χ2v) is 7.15. The van der Waals surface area contributed by atoms with Gasteiger partial charge in [-0.1, -0.05) is 0 Å². The van der Waals surface area contributed by atoms with Gasteiger partial charge in [0.05, 0.1) is 10.2 Å². The summed E-state index contributed by atoms with van der Waals surface area (Å²) in [5, 5.41) is 12.4. The number of rotatable bonds is 4. The van der Waals surface area contributed by atoms with Gasteiger partial charge >= 0.3 is 0 Å². The molecule has 4 heterocycles. The van der Waals surface area contributed by atoms with Crippen molar-refractivity contribution in [3.8, 4) is 0 Å². The number of carbonyl (C=O) groups is 1. The van der Waals surface area contributed by atoms with Crippen molar-refractivity contribution in [3.63, 3.8) is 0 Å². The molecule has 1 fully saturated rings. The van der Waals surface area contributed by atoms with Gasteiger partial charge < -0.3 is 16.0 Å². The first-order chi connectivity index (χ1) is 12.1. The molecule has 8 nitrogen and oxygen atoms in total. The molecule has 9 heteroatoms. The van der Waals surface area contributed by atoms with Crippen molar-refractivity contribution in [1.29, 1.82) is 0 Å². The molecular formula is C16H19N7OS. The van der Waals surface area contributed by atoms with Gasteiger partial charge in [-0.15, -0.1) is 11.3 Å². The second-order valence-electron chi connectivity index (χ2n) is 6.23. The summed E-state index contributed by atoms with van der Waals surface area (Å²) >= 11 is 1.59. The third-order valence-corrected chi connectivity index (χ3v) is 5.33. The molecule has 4 rings (SSSR count). The number of fused-ring (bicyclic) bond motifs is 1. The van der Waals surface area contributed by atoms with Gasteiger partial charge in [0.2, 0.25) is 11.9 Å². The molecule has 0 atom stereocenters. The summed E-state index contributed by atoms with van der Waals surface area (Å²) in [5.41, 5.74) is 7.30. The zero-order valence-corrected chi connectivity index (χ0v) is 14.6. The predicted octanol–water partition coefficient (Wildman–Crippen LogP) is 2.17. The number of nitrogens with two attached hydrogens (primary N) is 1. The van der Waals surface area contributed by atoms with Gasteiger partial charge in [-0.2, -0.15) is 10.1 Å². The zero-order chi connectivity index (χ0) is 17.4. The lowest BCUT2D eigenvalue weighted by atomic mass is 9.96. The number of primary amides is 1. The van der Waals surface area contributed by atoms with Gasteiger partial charge in [0, 0.05) is 30.8 Å². The minimum atomic E-state index is -0.217. The number of thiophene rings is 1. The Bertz CT molecular complexity index is 910. The third kappa shape index (κ3) is 3.14. The van der Waals surface area contributed by atoms with E-state index in [1.165, 1.54) is 0 Å². The zero-order valence-electron chi connectivity index (χ0n) is 13.8. The quantitative estimate of drug-likeness (QED) is 0.659. The maximum atomic E-state index is 11.4. The van der Waals surface area contributed by atoms with Crippen LogP contribution in [-0.4, -0.2) is 39.2 Å². The van der Waals surface area contributed by atoms with E-state index in [4.69, 9.17) is 10.7 Å². The molecular weight excluding hydrogens is 338 g/mol. The molecule has 0 aliphatic carbocycles. The molecule has 0 bridgehead atoms. The molecule has 0 aromatic carbocycles. The van der Waals surface area contributed by atoms with Crippen LogP contribution in [0.15, 0.2) is 17.5 Å². The molecule has 3 aromatic heterocycles. The first kappa shape index (κ1) is 15.8. The molecule has 130 valence electrons. The molecule has 25 heavy (non-hydrogen) atoms. The summed E-state index contributed by atoms with van der Waals surface area (Å²) in [4.78, 5) is 22.9. The van der Waals surface area contributed by atoms with Crippen LogP contribution in [0.25, 0.3) is 10.2 Å². The fourth-order valence-corrected chi connectivity index (χ4v) is 3.82. The number of piperidine rings is 1. The summed E-state index contributed by atoms with van der Waals surface area (Å²) in [6.07, 6.45) is 1.48. The van der Waals surface area contributed by atoms with Gasteiger partial charge in [0.15, 0.2) is 11.6 Å². The van der Waals surface area contributed by atoms with Crippen LogP contribution >= 0.6 is 11.3 Å². The van der Waals surface area contributed by atoms with Crippen molar-refractivity contribution >= 4 is 45.0 Å². The normalized spacial score (nSPS) is 15.6. The highest BCUT2D eigenvalue weighted by molar-refractivity contribution is 7.17. The van der Waals surface area contributed by atoms with Crippen molar-refractivity contribution in [3.05, 3.63) is 23.2 Å². The first-order valence-electron chi connectivity index (χ1n) is 8.18. The van der Waals surface area contributed by atoms with E-state index in [2.05, 4.69) is 25.4 Å². The van der Waals surface area contributed by atoms with Gasteiger partial charge in [0.1, 0.15) is 0 Å². The predicted molar refractivity (Wildman–Crippen MR) is 98.2 cm³/mol. The summed E-state index contributed by atoms with van der Waals surface area (Å²) in [7, 11) is 0. The van der Waals surface area contributed by atoms with Crippen LogP contribution in [0.5, 0.6) is 0 Å². The Balaban J connectivity index is 1.63. The van der Waals surface area contributed by atoms with Crippen LogP contribution in [0.4, 0.5) is 17.6 Å². The smallest absolute Gasteiger partial charge is 0.227 e. The van der Waals surface area contributed by atoms with Gasteiger partial charge in [-0.3, -0.25) is 9.89 Å². The summed E-state index contributed by atoms with van der Waals surface area (Å²) in [6, 6.07) is 3.92. The van der Waals surface area contributed by atoms with E-state index in [1.54, 1.807) is 11.3 Å². The largest absolute Gasteiger partial charge is 0.369 e. The lowest BCUT2D eigenvalue weighted by Gasteiger charge is -2.30. The highest BCUT2D eigenvalue weighted by Gasteiger charge is 2.25. The number of nitrogens with one attached hydrogen (secondary N) is 2. The van der Waals surface area contributed by atoms with E-state index in [1.807, 2.05) is 24.4 Å². The number of hydrogen-bond donors (Lipinski definition) is 3. The number of amides is 1. The number of nitrogens with zero attached hydrogens (tertiary/aromatic N) is 4. The molecule has 4 N–H and O–H groups in total. The monoisotopic (exact) mass is 357 g/mol. The van der Waals surface area contributed by atoms with Crippen LogP contribution in [0.2, 0.25) is 0 Å². The first-order valence-corrected chi connectivity index (χ1v) is 9.06. The average molecular weight is 357 g/mol. The molecule has 3 aromatic rings. The Morgan fingerprint density at radius 3 is 2.88 bits per heavy atom. The number of anilines is 3. The number of H-pyrrole nitrogens is 1. The SMILES string of the molecule is Cc1cc(Nc2nc(N3CCC(C(N)=O)CC3)nc3ccsc23)n[nH]1. The maximum Gasteiger partial charge on any atom is 0.227 e. The number of aromatic nitrogens is 4. The molecule has 1 saturated heterocycles. The van der Waals surface area contributed by atoms with Crippen LogP contribution in [0, 0.1) is 12.8 Å². The second kappa shape index (κ2) is 6.32. The Morgan fingerprint density at radius 1 is 1.40 bits per heavy atom. The van der Waals surface area contributed by atoms with Crippen molar-refractivity contribution in [2.45, 2.75) is 19.8 Å². The topological polar surface area (TPSA) is 113 Å². The standard InChI is InChI=1S/C16H19N7OS/c1-9-8-12(22-21-9)19-15-13-11(4-7-25-13)18-16(20-15)23-5-2-10(3-6-23)14(17)24/h4,7-8,10H,2-3,5-6H2,1H3,(H2,17,24)(H2,18,19,20,21,22). The van der Waals surface area contributed by atoms with E-state index in [0.717, 1.165) is 53.5 Å². The number of aromatic amines is 1. The fourth-order valence-electron chi connectivity index (χ4n) is 3.04. The van der Waals surface area contributed by atoms with E-state index >= 15 is 0 Å². The third-order valence-electron chi connectivity index (χ3n) is 4.42. The summed E-state index contributed by atoms with van der Waals surface area (Å²) in [6.45, 7) is 3.40. The van der Waals surface area contributed by atoms with Crippen molar-refractivity contribution in [2.75, 3.05) is 23.3 Å². The Labute approximate surface area is 148 Å². The van der Waals surface area contributed by atoms with E-state index in [9.17, 15) is 4.79 Å². The Morgan fingerprint density at radius 2 is 2.20 bits per heavy atom. The van der Waals surface area contributed by atoms with Crippen LogP contribution in [-0.2, 0) is 4.79 Å². The van der Waals surface area contributed by atoms with Crippen molar-refractivity contribution in [2.24, 2.45) is 11.7 Å². The van der Waals surface area contributed by atoms with Crippen LogP contribution in [0.3, 0.4) is 0 Å². The summed E-state index contributed by atoms with van der Waals surface area (Å²) < 4.78 is 0.997. The van der Waals surface area contributed by atoms with Crippen molar-refractivity contribution < 1.29 is 4.79 Å².